The number of hydrogen-bond acceptors (Lipinski definition) is 5. The summed E-state index contributed by atoms with van der Waals surface area (Å²) in [5, 5.41) is 0. The predicted octanol–water partition coefficient (Wildman–Crippen LogP) is 0.193. The Morgan fingerprint density at radius 1 is 1.25 bits per heavy atom. The van der Waals surface area contributed by atoms with Gasteiger partial charge in [0, 0.05) is 26.3 Å². The van der Waals surface area contributed by atoms with Crippen LogP contribution in [0.25, 0.3) is 0 Å². The smallest absolute Gasteiger partial charge is 0.197 e. The van der Waals surface area contributed by atoms with Gasteiger partial charge in [0.15, 0.2) is 12.5 Å². The van der Waals surface area contributed by atoms with Gasteiger partial charge in [-0.2, -0.15) is 0 Å². The third kappa shape index (κ3) is 1.58. The summed E-state index contributed by atoms with van der Waals surface area (Å²) in [5.74, 6) is 0. The highest BCUT2D eigenvalue weighted by molar-refractivity contribution is 4.96. The number of ether oxygens (including phenoxy) is 4. The zero-order chi connectivity index (χ0) is 11.1. The van der Waals surface area contributed by atoms with Crippen molar-refractivity contribution in [2.45, 2.75) is 44.1 Å². The molecule has 5 nitrogen and oxygen atoms in total. The van der Waals surface area contributed by atoms with Crippen molar-refractivity contribution in [2.75, 3.05) is 26.9 Å². The molecule has 3 saturated heterocycles. The molecule has 0 bridgehead atoms. The Labute approximate surface area is 95.6 Å². The fraction of sp³-hybridized carbons (Fsp3) is 1.00. The summed E-state index contributed by atoms with van der Waals surface area (Å²) in [6.45, 7) is 4.56. The molecule has 0 radical (unpaired) electrons. The van der Waals surface area contributed by atoms with Gasteiger partial charge >= 0.3 is 0 Å². The average Bonchev–Trinajstić information content (AvgIpc) is 2.69. The van der Waals surface area contributed by atoms with E-state index in [1.54, 1.807) is 7.11 Å². The SMILES string of the molecule is COC1OCCN2C3CCOC(C)C3O[C@H]12. The van der Waals surface area contributed by atoms with Crippen molar-refractivity contribution in [2.24, 2.45) is 0 Å². The van der Waals surface area contributed by atoms with Gasteiger partial charge in [-0.25, -0.2) is 0 Å². The minimum Gasteiger partial charge on any atom is -0.376 e. The van der Waals surface area contributed by atoms with Crippen LogP contribution in [0, 0.1) is 0 Å². The van der Waals surface area contributed by atoms with Gasteiger partial charge in [-0.3, -0.25) is 4.90 Å². The van der Waals surface area contributed by atoms with E-state index in [0.29, 0.717) is 6.04 Å². The van der Waals surface area contributed by atoms with Crippen molar-refractivity contribution in [3.63, 3.8) is 0 Å². The Morgan fingerprint density at radius 2 is 2.12 bits per heavy atom. The van der Waals surface area contributed by atoms with E-state index in [-0.39, 0.29) is 24.7 Å². The van der Waals surface area contributed by atoms with E-state index in [4.69, 9.17) is 18.9 Å². The van der Waals surface area contributed by atoms with Crippen LogP contribution in [0.2, 0.25) is 0 Å². The average molecular weight is 229 g/mol. The second-order valence-electron chi connectivity index (χ2n) is 4.64. The Hall–Kier alpha value is -0.200. The molecular weight excluding hydrogens is 210 g/mol. The molecule has 4 unspecified atom stereocenters. The molecule has 0 amide bonds. The Morgan fingerprint density at radius 3 is 2.94 bits per heavy atom. The van der Waals surface area contributed by atoms with Crippen molar-refractivity contribution in [3.05, 3.63) is 0 Å². The van der Waals surface area contributed by atoms with Crippen molar-refractivity contribution in [1.82, 2.24) is 4.90 Å². The first kappa shape index (κ1) is 10.9. The Kier molecular flexibility index (Phi) is 2.89. The number of hydrogen-bond donors (Lipinski definition) is 0. The maximum atomic E-state index is 6.04. The molecule has 16 heavy (non-hydrogen) atoms. The zero-order valence-corrected chi connectivity index (χ0v) is 9.80. The van der Waals surface area contributed by atoms with Crippen LogP contribution in [0.5, 0.6) is 0 Å². The second-order valence-corrected chi connectivity index (χ2v) is 4.64. The minimum absolute atomic E-state index is 0.0575. The lowest BCUT2D eigenvalue weighted by Gasteiger charge is -2.37. The number of methoxy groups -OCH3 is 1. The van der Waals surface area contributed by atoms with Crippen LogP contribution in [-0.2, 0) is 18.9 Å². The molecule has 3 aliphatic rings. The van der Waals surface area contributed by atoms with Crippen LogP contribution < -0.4 is 0 Å². The Balaban J connectivity index is 1.79. The summed E-state index contributed by atoms with van der Waals surface area (Å²) in [4.78, 5) is 2.38. The molecule has 5 heteroatoms. The van der Waals surface area contributed by atoms with Crippen LogP contribution >= 0.6 is 0 Å². The first-order valence-corrected chi connectivity index (χ1v) is 5.98. The molecule has 5 atom stereocenters. The van der Waals surface area contributed by atoms with Gasteiger partial charge in [0.25, 0.3) is 0 Å². The first-order chi connectivity index (χ1) is 7.81. The minimum atomic E-state index is -0.258. The largest absolute Gasteiger partial charge is 0.376 e. The van der Waals surface area contributed by atoms with Crippen molar-refractivity contribution in [3.8, 4) is 0 Å². The summed E-state index contributed by atoms with van der Waals surface area (Å²) in [6, 6.07) is 0.468. The summed E-state index contributed by atoms with van der Waals surface area (Å²) in [6.07, 6.45) is 1.06. The fourth-order valence-electron chi connectivity index (χ4n) is 2.98. The highest BCUT2D eigenvalue weighted by atomic mass is 16.7. The molecule has 3 rings (SSSR count). The normalized spacial score (nSPS) is 48.8. The van der Waals surface area contributed by atoms with Crippen LogP contribution in [0.15, 0.2) is 0 Å². The molecule has 0 aromatic rings. The van der Waals surface area contributed by atoms with Gasteiger partial charge < -0.3 is 18.9 Å². The number of fused-ring (bicyclic) bond motifs is 3. The van der Waals surface area contributed by atoms with Crippen LogP contribution in [0.3, 0.4) is 0 Å². The van der Waals surface area contributed by atoms with E-state index in [2.05, 4.69) is 11.8 Å². The standard InChI is InChI=1S/C11H19NO4/c1-7-9-8(3-5-14-7)12-4-6-15-11(13-2)10(12)16-9/h7-11H,3-6H2,1-2H3/t7?,8?,9?,10-,11?/m1/s1. The van der Waals surface area contributed by atoms with Crippen molar-refractivity contribution in [1.29, 1.82) is 0 Å². The monoisotopic (exact) mass is 229 g/mol. The maximum Gasteiger partial charge on any atom is 0.197 e. The fourth-order valence-corrected chi connectivity index (χ4v) is 2.98. The molecule has 3 aliphatic heterocycles. The van der Waals surface area contributed by atoms with Gasteiger partial charge in [-0.15, -0.1) is 0 Å². The molecule has 92 valence electrons. The van der Waals surface area contributed by atoms with E-state index in [0.717, 1.165) is 26.2 Å². The lowest BCUT2D eigenvalue weighted by atomic mass is 10.0. The van der Waals surface area contributed by atoms with Gasteiger partial charge in [-0.1, -0.05) is 0 Å². The van der Waals surface area contributed by atoms with Gasteiger partial charge in [0.1, 0.15) is 6.10 Å². The first-order valence-electron chi connectivity index (χ1n) is 5.98. The Bertz CT molecular complexity index is 262. The molecule has 0 spiro atoms. The lowest BCUT2D eigenvalue weighted by molar-refractivity contribution is -0.246. The molecule has 0 aliphatic carbocycles. The lowest BCUT2D eigenvalue weighted by Crippen LogP contribution is -2.53. The van der Waals surface area contributed by atoms with E-state index in [1.165, 1.54) is 0 Å². The molecule has 0 aromatic carbocycles. The van der Waals surface area contributed by atoms with Crippen molar-refractivity contribution >= 4 is 0 Å². The van der Waals surface area contributed by atoms with Gasteiger partial charge in [0.2, 0.25) is 0 Å². The summed E-state index contributed by atoms with van der Waals surface area (Å²) < 4.78 is 22.5. The second kappa shape index (κ2) is 4.23. The van der Waals surface area contributed by atoms with E-state index < -0.39 is 0 Å². The van der Waals surface area contributed by atoms with Gasteiger partial charge in [0.05, 0.1) is 12.7 Å². The highest BCUT2D eigenvalue weighted by Crippen LogP contribution is 2.35. The van der Waals surface area contributed by atoms with E-state index in [1.807, 2.05) is 0 Å². The van der Waals surface area contributed by atoms with E-state index >= 15 is 0 Å². The third-order valence-electron chi connectivity index (χ3n) is 3.78. The molecule has 3 heterocycles. The molecular formula is C11H19NO4. The van der Waals surface area contributed by atoms with E-state index in [9.17, 15) is 0 Å². The summed E-state index contributed by atoms with van der Waals surface area (Å²) in [7, 11) is 1.67. The molecule has 0 saturated carbocycles. The van der Waals surface area contributed by atoms with Crippen molar-refractivity contribution < 1.29 is 18.9 Å². The maximum absolute atomic E-state index is 6.04. The van der Waals surface area contributed by atoms with Crippen LogP contribution in [0.1, 0.15) is 13.3 Å². The number of morpholine rings is 1. The molecule has 0 aromatic heterocycles. The van der Waals surface area contributed by atoms with Crippen LogP contribution in [0.4, 0.5) is 0 Å². The zero-order valence-electron chi connectivity index (χ0n) is 9.80. The van der Waals surface area contributed by atoms with Crippen LogP contribution in [-0.4, -0.2) is 62.5 Å². The number of rotatable bonds is 1. The summed E-state index contributed by atoms with van der Waals surface area (Å²) in [5.41, 5.74) is 0. The quantitative estimate of drug-likeness (QED) is 0.642. The topological polar surface area (TPSA) is 40.2 Å². The highest BCUT2D eigenvalue weighted by Gasteiger charge is 2.51. The number of nitrogens with zero attached hydrogens (tertiary/aromatic N) is 1. The molecule has 0 N–H and O–H groups in total. The third-order valence-corrected chi connectivity index (χ3v) is 3.78. The van der Waals surface area contributed by atoms with Gasteiger partial charge in [-0.05, 0) is 13.3 Å². The molecule has 3 fully saturated rings. The summed E-state index contributed by atoms with van der Waals surface area (Å²) >= 11 is 0. The predicted molar refractivity (Wildman–Crippen MR) is 55.9 cm³/mol.